The largest absolute Gasteiger partial charge is 0.369 e. The number of fused-ring (bicyclic) bond motifs is 2. The van der Waals surface area contributed by atoms with Crippen molar-refractivity contribution in [3.05, 3.63) is 29.8 Å². The van der Waals surface area contributed by atoms with Gasteiger partial charge in [0, 0.05) is 18.8 Å². The Hall–Kier alpha value is -1.02. The third kappa shape index (κ3) is 1.30. The molecule has 0 spiro atoms. The minimum atomic E-state index is 0.596. The van der Waals surface area contributed by atoms with E-state index in [-0.39, 0.29) is 0 Å². The molecule has 74 valence electrons. The number of benzene rings is 1. The Labute approximate surface area is 84.9 Å². The van der Waals surface area contributed by atoms with Crippen molar-refractivity contribution < 1.29 is 0 Å². The van der Waals surface area contributed by atoms with E-state index in [1.165, 1.54) is 37.1 Å². The van der Waals surface area contributed by atoms with Crippen LogP contribution in [-0.2, 0) is 6.54 Å². The molecule has 0 amide bonds. The molecular weight excluding hydrogens is 172 g/mol. The predicted molar refractivity (Wildman–Crippen MR) is 58.1 cm³/mol. The standard InChI is InChI=1S/C12H16N2/c1-2-6-11-10(5-1)9-14-8-4-3-7-12(14)13-11/h1-2,5-6,12-13H,3-4,7-9H2/t12-/m0/s1. The van der Waals surface area contributed by atoms with Crippen LogP contribution in [0.2, 0.25) is 0 Å². The molecule has 0 radical (unpaired) electrons. The third-order valence-corrected chi connectivity index (χ3v) is 3.33. The van der Waals surface area contributed by atoms with Gasteiger partial charge in [-0.05, 0) is 30.9 Å². The molecular formula is C12H16N2. The molecule has 1 N–H and O–H groups in total. The fraction of sp³-hybridized carbons (Fsp3) is 0.500. The fourth-order valence-corrected chi connectivity index (χ4v) is 2.54. The minimum absolute atomic E-state index is 0.596. The maximum absolute atomic E-state index is 3.62. The molecule has 2 nitrogen and oxygen atoms in total. The second-order valence-electron chi connectivity index (χ2n) is 4.28. The average Bonchev–Trinajstić information content (AvgIpc) is 2.26. The van der Waals surface area contributed by atoms with Crippen molar-refractivity contribution >= 4 is 5.69 Å². The molecule has 1 fully saturated rings. The Kier molecular flexibility index (Phi) is 1.95. The van der Waals surface area contributed by atoms with Gasteiger partial charge in [0.15, 0.2) is 0 Å². The molecule has 2 aliphatic heterocycles. The lowest BCUT2D eigenvalue weighted by atomic mass is 10.0. The number of rotatable bonds is 0. The van der Waals surface area contributed by atoms with Gasteiger partial charge in [0.25, 0.3) is 0 Å². The van der Waals surface area contributed by atoms with E-state index in [0.29, 0.717) is 6.17 Å². The summed E-state index contributed by atoms with van der Waals surface area (Å²) in [7, 11) is 0. The molecule has 14 heavy (non-hydrogen) atoms. The molecule has 3 rings (SSSR count). The summed E-state index contributed by atoms with van der Waals surface area (Å²) < 4.78 is 0. The van der Waals surface area contributed by atoms with Crippen molar-refractivity contribution in [3.8, 4) is 0 Å². The monoisotopic (exact) mass is 188 g/mol. The van der Waals surface area contributed by atoms with Gasteiger partial charge >= 0.3 is 0 Å². The maximum atomic E-state index is 3.62. The first-order chi connectivity index (χ1) is 6.93. The van der Waals surface area contributed by atoms with E-state index in [1.54, 1.807) is 0 Å². The van der Waals surface area contributed by atoms with E-state index in [4.69, 9.17) is 0 Å². The van der Waals surface area contributed by atoms with E-state index in [1.807, 2.05) is 0 Å². The van der Waals surface area contributed by atoms with Gasteiger partial charge in [-0.15, -0.1) is 0 Å². The van der Waals surface area contributed by atoms with Gasteiger partial charge in [-0.25, -0.2) is 0 Å². The number of anilines is 1. The molecule has 1 aromatic carbocycles. The quantitative estimate of drug-likeness (QED) is 0.672. The molecule has 2 heteroatoms. The summed E-state index contributed by atoms with van der Waals surface area (Å²) in [4.78, 5) is 2.56. The first-order valence-electron chi connectivity index (χ1n) is 5.52. The van der Waals surface area contributed by atoms with Crippen LogP contribution in [0.4, 0.5) is 5.69 Å². The Morgan fingerprint density at radius 2 is 2.14 bits per heavy atom. The predicted octanol–water partition coefficient (Wildman–Crippen LogP) is 2.42. The number of nitrogens with zero attached hydrogens (tertiary/aromatic N) is 1. The molecule has 1 saturated heterocycles. The second kappa shape index (κ2) is 3.28. The molecule has 0 aliphatic carbocycles. The van der Waals surface area contributed by atoms with Crippen LogP contribution in [0.5, 0.6) is 0 Å². The number of nitrogens with one attached hydrogen (secondary N) is 1. The van der Waals surface area contributed by atoms with Crippen LogP contribution in [-0.4, -0.2) is 17.6 Å². The summed E-state index contributed by atoms with van der Waals surface area (Å²) in [6.45, 7) is 2.39. The van der Waals surface area contributed by atoms with Crippen molar-refractivity contribution in [2.45, 2.75) is 32.0 Å². The van der Waals surface area contributed by atoms with Crippen LogP contribution >= 0.6 is 0 Å². The summed E-state index contributed by atoms with van der Waals surface area (Å²) >= 11 is 0. The summed E-state index contributed by atoms with van der Waals surface area (Å²) in [5, 5.41) is 3.62. The van der Waals surface area contributed by atoms with E-state index in [0.717, 1.165) is 6.54 Å². The van der Waals surface area contributed by atoms with E-state index >= 15 is 0 Å². The van der Waals surface area contributed by atoms with Gasteiger partial charge < -0.3 is 5.32 Å². The van der Waals surface area contributed by atoms with E-state index in [9.17, 15) is 0 Å². The zero-order valence-electron chi connectivity index (χ0n) is 8.37. The molecule has 0 aromatic heterocycles. The van der Waals surface area contributed by atoms with Gasteiger partial charge in [0.1, 0.15) is 0 Å². The van der Waals surface area contributed by atoms with Gasteiger partial charge in [-0.3, -0.25) is 4.90 Å². The van der Waals surface area contributed by atoms with Gasteiger partial charge in [0.2, 0.25) is 0 Å². The van der Waals surface area contributed by atoms with Crippen LogP contribution < -0.4 is 5.32 Å². The van der Waals surface area contributed by atoms with Gasteiger partial charge in [-0.1, -0.05) is 18.2 Å². The van der Waals surface area contributed by atoms with Crippen LogP contribution in [0, 0.1) is 0 Å². The summed E-state index contributed by atoms with van der Waals surface area (Å²) in [6, 6.07) is 8.67. The number of hydrogen-bond acceptors (Lipinski definition) is 2. The lowest BCUT2D eigenvalue weighted by Gasteiger charge is -2.41. The van der Waals surface area contributed by atoms with Crippen molar-refractivity contribution in [2.75, 3.05) is 11.9 Å². The Morgan fingerprint density at radius 1 is 1.21 bits per heavy atom. The Balaban J connectivity index is 1.91. The van der Waals surface area contributed by atoms with Crippen molar-refractivity contribution in [2.24, 2.45) is 0 Å². The number of para-hydroxylation sites is 1. The molecule has 0 bridgehead atoms. The number of piperidine rings is 1. The SMILES string of the molecule is c1ccc2c(c1)CN1CCCC[C@H]1N2. The zero-order valence-corrected chi connectivity index (χ0v) is 8.37. The lowest BCUT2D eigenvalue weighted by molar-refractivity contribution is 0.151. The highest BCUT2D eigenvalue weighted by atomic mass is 15.3. The molecule has 1 aromatic rings. The summed E-state index contributed by atoms with van der Waals surface area (Å²) in [5.41, 5.74) is 2.79. The first kappa shape index (κ1) is 8.30. The highest BCUT2D eigenvalue weighted by molar-refractivity contribution is 5.53. The normalized spacial score (nSPS) is 26.1. The Morgan fingerprint density at radius 3 is 3.14 bits per heavy atom. The van der Waals surface area contributed by atoms with Gasteiger partial charge in [0.05, 0.1) is 6.17 Å². The minimum Gasteiger partial charge on any atom is -0.369 e. The van der Waals surface area contributed by atoms with Crippen LogP contribution in [0.15, 0.2) is 24.3 Å². The van der Waals surface area contributed by atoms with Crippen LogP contribution in [0.3, 0.4) is 0 Å². The maximum Gasteiger partial charge on any atom is 0.0796 e. The highest BCUT2D eigenvalue weighted by Gasteiger charge is 2.26. The van der Waals surface area contributed by atoms with Crippen LogP contribution in [0.25, 0.3) is 0 Å². The van der Waals surface area contributed by atoms with Crippen molar-refractivity contribution in [3.63, 3.8) is 0 Å². The first-order valence-corrected chi connectivity index (χ1v) is 5.52. The smallest absolute Gasteiger partial charge is 0.0796 e. The molecule has 0 saturated carbocycles. The molecule has 0 unspecified atom stereocenters. The fourth-order valence-electron chi connectivity index (χ4n) is 2.54. The van der Waals surface area contributed by atoms with E-state index < -0.39 is 0 Å². The Bertz CT molecular complexity index is 302. The van der Waals surface area contributed by atoms with Gasteiger partial charge in [-0.2, -0.15) is 0 Å². The average molecular weight is 188 g/mol. The van der Waals surface area contributed by atoms with Crippen molar-refractivity contribution in [1.82, 2.24) is 4.90 Å². The zero-order chi connectivity index (χ0) is 9.38. The van der Waals surface area contributed by atoms with E-state index in [2.05, 4.69) is 34.5 Å². The van der Waals surface area contributed by atoms with Crippen LogP contribution in [0.1, 0.15) is 24.8 Å². The summed E-state index contributed by atoms with van der Waals surface area (Å²) in [5.74, 6) is 0. The highest BCUT2D eigenvalue weighted by Crippen LogP contribution is 2.29. The second-order valence-corrected chi connectivity index (χ2v) is 4.28. The molecule has 2 aliphatic rings. The van der Waals surface area contributed by atoms with Crippen molar-refractivity contribution in [1.29, 1.82) is 0 Å². The summed E-state index contributed by atoms with van der Waals surface area (Å²) in [6.07, 6.45) is 4.63. The lowest BCUT2D eigenvalue weighted by Crippen LogP contribution is -2.46. The molecule has 1 atom stereocenters. The molecule has 2 heterocycles. The topological polar surface area (TPSA) is 15.3 Å². The third-order valence-electron chi connectivity index (χ3n) is 3.33. The number of hydrogen-bond donors (Lipinski definition) is 1.